The van der Waals surface area contributed by atoms with Crippen molar-refractivity contribution < 1.29 is 4.79 Å². The summed E-state index contributed by atoms with van der Waals surface area (Å²) in [5.41, 5.74) is 3.22. The summed E-state index contributed by atoms with van der Waals surface area (Å²) < 4.78 is 2.02. The summed E-state index contributed by atoms with van der Waals surface area (Å²) in [6.07, 6.45) is 0.957. The van der Waals surface area contributed by atoms with Crippen molar-refractivity contribution in [3.8, 4) is 0 Å². The van der Waals surface area contributed by atoms with Gasteiger partial charge in [0.1, 0.15) is 5.69 Å². The van der Waals surface area contributed by atoms with Gasteiger partial charge >= 0.3 is 0 Å². The van der Waals surface area contributed by atoms with Gasteiger partial charge in [-0.3, -0.25) is 4.79 Å². The van der Waals surface area contributed by atoms with Crippen LogP contribution >= 0.6 is 0 Å². The van der Waals surface area contributed by atoms with E-state index in [0.29, 0.717) is 0 Å². The van der Waals surface area contributed by atoms with E-state index in [1.165, 1.54) is 10.9 Å². The van der Waals surface area contributed by atoms with Crippen LogP contribution in [0.2, 0.25) is 0 Å². The largest absolute Gasteiger partial charge is 0.340 e. The molecule has 16 heavy (non-hydrogen) atoms. The zero-order valence-corrected chi connectivity index (χ0v) is 9.53. The minimum atomic E-state index is 0.139. The molecule has 0 unspecified atom stereocenters. The third-order valence-corrected chi connectivity index (χ3v) is 3.46. The first-order chi connectivity index (χ1) is 7.70. The van der Waals surface area contributed by atoms with Crippen LogP contribution in [0.15, 0.2) is 24.3 Å². The summed E-state index contributed by atoms with van der Waals surface area (Å²) >= 11 is 0. The van der Waals surface area contributed by atoms with E-state index in [0.717, 1.165) is 24.2 Å². The molecular formula is C13H14N2O. The molecule has 0 fully saturated rings. The molecular weight excluding hydrogens is 200 g/mol. The van der Waals surface area contributed by atoms with Gasteiger partial charge in [-0.05, 0) is 18.1 Å². The minimum Gasteiger partial charge on any atom is -0.340 e. The molecule has 1 aromatic heterocycles. The molecule has 3 nitrogen and oxygen atoms in total. The highest BCUT2D eigenvalue weighted by Crippen LogP contribution is 2.29. The molecule has 0 bridgehead atoms. The molecule has 1 aliphatic heterocycles. The van der Waals surface area contributed by atoms with E-state index in [-0.39, 0.29) is 5.91 Å². The zero-order chi connectivity index (χ0) is 11.3. The van der Waals surface area contributed by atoms with Gasteiger partial charge in [0, 0.05) is 31.5 Å². The van der Waals surface area contributed by atoms with Crippen molar-refractivity contribution in [2.45, 2.75) is 6.42 Å². The summed E-state index contributed by atoms with van der Waals surface area (Å²) in [6, 6.07) is 8.22. The van der Waals surface area contributed by atoms with Crippen molar-refractivity contribution in [1.82, 2.24) is 9.47 Å². The Morgan fingerprint density at radius 1 is 1.19 bits per heavy atom. The Labute approximate surface area is 94.3 Å². The molecule has 0 saturated heterocycles. The van der Waals surface area contributed by atoms with Crippen LogP contribution in [-0.2, 0) is 13.5 Å². The number of hydrogen-bond donors (Lipinski definition) is 0. The highest BCUT2D eigenvalue weighted by Gasteiger charge is 2.27. The lowest BCUT2D eigenvalue weighted by molar-refractivity contribution is 0.0771. The number of rotatable bonds is 0. The number of hydrogen-bond acceptors (Lipinski definition) is 1. The lowest BCUT2D eigenvalue weighted by atomic mass is 10.0. The fraction of sp³-hybridized carbons (Fsp3) is 0.308. The first-order valence-corrected chi connectivity index (χ1v) is 5.52. The highest BCUT2D eigenvalue weighted by atomic mass is 16.2. The van der Waals surface area contributed by atoms with Crippen molar-refractivity contribution >= 4 is 16.8 Å². The molecule has 0 radical (unpaired) electrons. The van der Waals surface area contributed by atoms with Crippen LogP contribution in [0.1, 0.15) is 16.1 Å². The third-order valence-electron chi connectivity index (χ3n) is 3.46. The fourth-order valence-electron chi connectivity index (χ4n) is 2.56. The van der Waals surface area contributed by atoms with Gasteiger partial charge in [-0.15, -0.1) is 0 Å². The average molecular weight is 214 g/mol. The molecule has 0 aliphatic carbocycles. The Morgan fingerprint density at radius 2 is 1.94 bits per heavy atom. The van der Waals surface area contributed by atoms with Crippen LogP contribution in [0.5, 0.6) is 0 Å². The van der Waals surface area contributed by atoms with E-state index in [2.05, 4.69) is 12.1 Å². The molecule has 0 N–H and O–H groups in total. The smallest absolute Gasteiger partial charge is 0.270 e. The van der Waals surface area contributed by atoms with E-state index in [4.69, 9.17) is 0 Å². The first-order valence-electron chi connectivity index (χ1n) is 5.52. The number of nitrogens with zero attached hydrogens (tertiary/aromatic N) is 2. The Bertz CT molecular complexity index is 583. The van der Waals surface area contributed by atoms with Crippen molar-refractivity contribution in [2.75, 3.05) is 13.6 Å². The predicted octanol–water partition coefficient (Wildman–Crippen LogP) is 1.81. The zero-order valence-electron chi connectivity index (χ0n) is 9.53. The summed E-state index contributed by atoms with van der Waals surface area (Å²) in [5.74, 6) is 0.139. The number of fused-ring (bicyclic) bond motifs is 3. The number of aryl methyl sites for hydroxylation is 1. The van der Waals surface area contributed by atoms with Crippen LogP contribution < -0.4 is 0 Å². The minimum absolute atomic E-state index is 0.139. The molecule has 1 aliphatic rings. The number of likely N-dealkylation sites (N-methyl/N-ethyl adjacent to an activating group) is 1. The highest BCUT2D eigenvalue weighted by molar-refractivity contribution is 6.02. The number of carbonyl (C=O) groups excluding carboxylic acids is 1. The lowest BCUT2D eigenvalue weighted by Crippen LogP contribution is -2.35. The van der Waals surface area contributed by atoms with Crippen LogP contribution in [-0.4, -0.2) is 29.0 Å². The van der Waals surface area contributed by atoms with E-state index in [9.17, 15) is 4.79 Å². The maximum Gasteiger partial charge on any atom is 0.270 e. The molecule has 3 heteroatoms. The Kier molecular flexibility index (Phi) is 1.84. The Balaban J connectivity index is 2.39. The second kappa shape index (κ2) is 3.11. The number of benzene rings is 1. The topological polar surface area (TPSA) is 25.2 Å². The van der Waals surface area contributed by atoms with Gasteiger partial charge in [-0.1, -0.05) is 18.2 Å². The van der Waals surface area contributed by atoms with E-state index in [1.54, 1.807) is 4.90 Å². The van der Waals surface area contributed by atoms with Crippen molar-refractivity contribution in [3.05, 3.63) is 35.5 Å². The molecule has 3 rings (SSSR count). The van der Waals surface area contributed by atoms with Crippen LogP contribution in [0.25, 0.3) is 10.9 Å². The standard InChI is InChI=1S/C13H14N2O/c1-14-8-7-10-9-5-3-4-6-11(9)15(2)12(10)13(14)16/h3-6H,7-8H2,1-2H3. The summed E-state index contributed by atoms with van der Waals surface area (Å²) in [4.78, 5) is 13.9. The number of para-hydroxylation sites is 1. The molecule has 0 atom stereocenters. The first kappa shape index (κ1) is 9.46. The quantitative estimate of drug-likeness (QED) is 0.656. The van der Waals surface area contributed by atoms with Gasteiger partial charge < -0.3 is 9.47 Å². The average Bonchev–Trinajstić information content (AvgIpc) is 2.59. The number of carbonyl (C=O) groups is 1. The second-order valence-electron chi connectivity index (χ2n) is 4.38. The molecule has 2 aromatic rings. The maximum absolute atomic E-state index is 12.1. The second-order valence-corrected chi connectivity index (χ2v) is 4.38. The SMILES string of the molecule is CN1CCc2c(n(C)c3ccccc23)C1=O. The maximum atomic E-state index is 12.1. The normalized spacial score (nSPS) is 15.6. The number of aromatic nitrogens is 1. The summed E-state index contributed by atoms with van der Waals surface area (Å²) in [7, 11) is 3.83. The lowest BCUT2D eigenvalue weighted by Gasteiger charge is -2.23. The summed E-state index contributed by atoms with van der Waals surface area (Å²) in [5, 5.41) is 1.22. The molecule has 1 aromatic carbocycles. The molecule has 1 amide bonds. The van der Waals surface area contributed by atoms with Crippen molar-refractivity contribution in [3.63, 3.8) is 0 Å². The molecule has 2 heterocycles. The van der Waals surface area contributed by atoms with Crippen molar-refractivity contribution in [2.24, 2.45) is 7.05 Å². The van der Waals surface area contributed by atoms with Gasteiger partial charge in [0.05, 0.1) is 0 Å². The Morgan fingerprint density at radius 3 is 2.75 bits per heavy atom. The van der Waals surface area contributed by atoms with Crippen LogP contribution in [0.4, 0.5) is 0 Å². The van der Waals surface area contributed by atoms with Gasteiger partial charge in [-0.2, -0.15) is 0 Å². The van der Waals surface area contributed by atoms with Crippen LogP contribution in [0.3, 0.4) is 0 Å². The molecule has 0 saturated carbocycles. The van der Waals surface area contributed by atoms with Crippen LogP contribution in [0, 0.1) is 0 Å². The van der Waals surface area contributed by atoms with E-state index in [1.807, 2.05) is 30.8 Å². The molecule has 82 valence electrons. The van der Waals surface area contributed by atoms with Gasteiger partial charge in [0.25, 0.3) is 5.91 Å². The Hall–Kier alpha value is -1.77. The van der Waals surface area contributed by atoms with Gasteiger partial charge in [0.2, 0.25) is 0 Å². The van der Waals surface area contributed by atoms with E-state index < -0.39 is 0 Å². The van der Waals surface area contributed by atoms with E-state index >= 15 is 0 Å². The predicted molar refractivity (Wildman–Crippen MR) is 63.6 cm³/mol. The van der Waals surface area contributed by atoms with Crippen molar-refractivity contribution in [1.29, 1.82) is 0 Å². The number of amides is 1. The summed E-state index contributed by atoms with van der Waals surface area (Å²) in [6.45, 7) is 0.819. The molecule has 0 spiro atoms. The third kappa shape index (κ3) is 1.06. The monoisotopic (exact) mass is 214 g/mol. The van der Waals surface area contributed by atoms with Gasteiger partial charge in [0.15, 0.2) is 0 Å². The fourth-order valence-corrected chi connectivity index (χ4v) is 2.56. The van der Waals surface area contributed by atoms with Gasteiger partial charge in [-0.25, -0.2) is 0 Å².